The van der Waals surface area contributed by atoms with E-state index < -0.39 is 0 Å². The maximum absolute atomic E-state index is 12.9. The topological polar surface area (TPSA) is 69.6 Å². The summed E-state index contributed by atoms with van der Waals surface area (Å²) < 4.78 is 13.4. The Morgan fingerprint density at radius 2 is 1.92 bits per heavy atom. The zero-order valence-electron chi connectivity index (χ0n) is 19.3. The molecule has 0 aliphatic rings. The Hall–Kier alpha value is -3.39. The van der Waals surface area contributed by atoms with Crippen molar-refractivity contribution in [3.8, 4) is 17.1 Å². The lowest BCUT2D eigenvalue weighted by Gasteiger charge is -2.04. The molecule has 2 aromatic carbocycles. The van der Waals surface area contributed by atoms with Crippen molar-refractivity contribution in [2.24, 2.45) is 0 Å². The highest BCUT2D eigenvalue weighted by Gasteiger charge is 2.11. The Bertz CT molecular complexity index is 1650. The van der Waals surface area contributed by atoms with Crippen molar-refractivity contribution in [3.05, 3.63) is 96.7 Å². The second kappa shape index (κ2) is 10.7. The Balaban J connectivity index is 1.33. The van der Waals surface area contributed by atoms with Gasteiger partial charge in [-0.15, -0.1) is 5.10 Å². The van der Waals surface area contributed by atoms with E-state index in [1.54, 1.807) is 42.5 Å². The molecule has 0 bridgehead atoms. The molecule has 0 fully saturated rings. The lowest BCUT2D eigenvalue weighted by Crippen LogP contribution is -2.23. The lowest BCUT2D eigenvalue weighted by molar-refractivity contribution is 0.309. The summed E-state index contributed by atoms with van der Waals surface area (Å²) in [5, 5.41) is 5.38. The Labute approximate surface area is 221 Å². The molecule has 5 rings (SSSR count). The van der Waals surface area contributed by atoms with Crippen molar-refractivity contribution in [2.45, 2.75) is 19.8 Å². The maximum Gasteiger partial charge on any atom is 0.291 e. The minimum atomic E-state index is -0.252. The molecule has 3 aromatic heterocycles. The van der Waals surface area contributed by atoms with E-state index in [4.69, 9.17) is 32.4 Å². The molecule has 9 heteroatoms. The first-order valence-corrected chi connectivity index (χ1v) is 12.9. The van der Waals surface area contributed by atoms with Crippen LogP contribution >= 0.6 is 34.5 Å². The summed E-state index contributed by atoms with van der Waals surface area (Å²) >= 11 is 13.5. The smallest absolute Gasteiger partial charge is 0.291 e. The van der Waals surface area contributed by atoms with Crippen molar-refractivity contribution in [3.63, 3.8) is 0 Å². The molecule has 36 heavy (non-hydrogen) atoms. The second-order valence-corrected chi connectivity index (χ2v) is 9.86. The fraction of sp³-hybridized carbons (Fsp3) is 0.148. The first kappa shape index (κ1) is 24.3. The molecular formula is C27H21Cl2N3O3S. The number of furan rings is 1. The molecule has 0 aliphatic heterocycles. The minimum Gasteiger partial charge on any atom is -0.494 e. The standard InChI is InChI=1S/C27H21Cl2N3O3S/c1-2-3-14-34-19-8-4-17(5-9-19)6-13-25-30-27-32(31-25)26(33)24(36-27)16-20-10-12-23(35-20)21-11-7-18(28)15-22(21)29/h4-13,15-16H,2-3,14H2,1H3/b13-6+,24-16-. The van der Waals surface area contributed by atoms with Gasteiger partial charge < -0.3 is 9.15 Å². The van der Waals surface area contributed by atoms with Crippen LogP contribution in [-0.4, -0.2) is 21.2 Å². The lowest BCUT2D eigenvalue weighted by atomic mass is 10.2. The van der Waals surface area contributed by atoms with Gasteiger partial charge in [0.2, 0.25) is 4.96 Å². The predicted octanol–water partition coefficient (Wildman–Crippen LogP) is 6.61. The molecule has 0 saturated heterocycles. The van der Waals surface area contributed by atoms with Crippen molar-refractivity contribution in [1.29, 1.82) is 0 Å². The van der Waals surface area contributed by atoms with E-state index in [9.17, 15) is 4.79 Å². The van der Waals surface area contributed by atoms with Gasteiger partial charge in [-0.1, -0.05) is 66.1 Å². The molecule has 0 saturated carbocycles. The number of nitrogens with zero attached hydrogens (tertiary/aromatic N) is 3. The number of fused-ring (bicyclic) bond motifs is 1. The van der Waals surface area contributed by atoms with Gasteiger partial charge in [0.05, 0.1) is 11.6 Å². The number of halogens is 2. The number of rotatable bonds is 8. The van der Waals surface area contributed by atoms with Crippen LogP contribution in [0.15, 0.2) is 63.8 Å². The van der Waals surface area contributed by atoms with Crippen LogP contribution in [0.5, 0.6) is 5.75 Å². The first-order chi connectivity index (χ1) is 17.5. The SMILES string of the molecule is CCCCOc1ccc(/C=C/c2nc3s/c(=C\c4ccc(-c5ccc(Cl)cc5Cl)o4)c(=O)n3n2)cc1. The van der Waals surface area contributed by atoms with Gasteiger partial charge in [-0.25, -0.2) is 0 Å². The van der Waals surface area contributed by atoms with E-state index in [-0.39, 0.29) is 5.56 Å². The molecule has 0 spiro atoms. The van der Waals surface area contributed by atoms with Crippen LogP contribution in [0.25, 0.3) is 34.5 Å². The van der Waals surface area contributed by atoms with Gasteiger partial charge in [0.1, 0.15) is 21.8 Å². The highest BCUT2D eigenvalue weighted by Crippen LogP contribution is 2.31. The van der Waals surface area contributed by atoms with Crippen molar-refractivity contribution >= 4 is 57.7 Å². The third-order valence-electron chi connectivity index (χ3n) is 5.37. The van der Waals surface area contributed by atoms with E-state index in [1.165, 1.54) is 15.9 Å². The van der Waals surface area contributed by atoms with Gasteiger partial charge in [-0.2, -0.15) is 9.50 Å². The fourth-order valence-corrected chi connectivity index (χ4v) is 4.89. The largest absolute Gasteiger partial charge is 0.494 e. The van der Waals surface area contributed by atoms with Gasteiger partial charge in [0.15, 0.2) is 5.82 Å². The van der Waals surface area contributed by atoms with Gasteiger partial charge in [0, 0.05) is 16.7 Å². The number of benzene rings is 2. The average molecular weight is 538 g/mol. The summed E-state index contributed by atoms with van der Waals surface area (Å²) in [7, 11) is 0. The van der Waals surface area contributed by atoms with E-state index in [2.05, 4.69) is 17.0 Å². The van der Waals surface area contributed by atoms with Crippen LogP contribution in [0.4, 0.5) is 0 Å². The van der Waals surface area contributed by atoms with Crippen LogP contribution in [0.2, 0.25) is 10.0 Å². The van der Waals surface area contributed by atoms with Crippen molar-refractivity contribution in [1.82, 2.24) is 14.6 Å². The summed E-state index contributed by atoms with van der Waals surface area (Å²) in [6.07, 6.45) is 7.50. The number of hydrogen-bond donors (Lipinski definition) is 0. The van der Waals surface area contributed by atoms with Crippen LogP contribution in [-0.2, 0) is 0 Å². The molecule has 3 heterocycles. The molecule has 0 unspecified atom stereocenters. The monoisotopic (exact) mass is 537 g/mol. The summed E-state index contributed by atoms with van der Waals surface area (Å²) in [5.41, 5.74) is 1.46. The molecule has 0 N–H and O–H groups in total. The van der Waals surface area contributed by atoms with Crippen LogP contribution < -0.4 is 14.8 Å². The van der Waals surface area contributed by atoms with Crippen molar-refractivity contribution in [2.75, 3.05) is 6.61 Å². The Kier molecular flexibility index (Phi) is 7.23. The normalized spacial score (nSPS) is 12.2. The minimum absolute atomic E-state index is 0.252. The summed E-state index contributed by atoms with van der Waals surface area (Å²) in [4.78, 5) is 17.8. The number of aromatic nitrogens is 3. The Morgan fingerprint density at radius 3 is 2.67 bits per heavy atom. The molecule has 0 amide bonds. The third-order valence-corrected chi connectivity index (χ3v) is 6.87. The van der Waals surface area contributed by atoms with E-state index in [0.717, 1.165) is 36.3 Å². The molecule has 0 aliphatic carbocycles. The first-order valence-electron chi connectivity index (χ1n) is 11.4. The molecule has 5 aromatic rings. The van der Waals surface area contributed by atoms with Gasteiger partial charge >= 0.3 is 0 Å². The molecule has 0 atom stereocenters. The number of thiazole rings is 1. The zero-order valence-corrected chi connectivity index (χ0v) is 21.6. The van der Waals surface area contributed by atoms with Crippen molar-refractivity contribution < 1.29 is 9.15 Å². The van der Waals surface area contributed by atoms with Crippen LogP contribution in [0.3, 0.4) is 0 Å². The Morgan fingerprint density at radius 1 is 1.08 bits per heavy atom. The molecule has 6 nitrogen and oxygen atoms in total. The summed E-state index contributed by atoms with van der Waals surface area (Å²) in [5.74, 6) is 2.43. The third kappa shape index (κ3) is 5.38. The van der Waals surface area contributed by atoms with Gasteiger partial charge in [-0.05, 0) is 60.5 Å². The zero-order chi connectivity index (χ0) is 25.1. The molecular weight excluding hydrogens is 517 g/mol. The predicted molar refractivity (Wildman–Crippen MR) is 146 cm³/mol. The number of unbranched alkanes of at least 4 members (excludes halogenated alkanes) is 1. The number of ether oxygens (including phenoxy) is 1. The summed E-state index contributed by atoms with van der Waals surface area (Å²) in [6.45, 7) is 2.85. The number of hydrogen-bond acceptors (Lipinski definition) is 6. The fourth-order valence-electron chi connectivity index (χ4n) is 3.49. The van der Waals surface area contributed by atoms with E-state index >= 15 is 0 Å². The van der Waals surface area contributed by atoms with Crippen LogP contribution in [0, 0.1) is 0 Å². The summed E-state index contributed by atoms with van der Waals surface area (Å²) in [6, 6.07) is 16.6. The van der Waals surface area contributed by atoms with Gasteiger partial charge in [-0.3, -0.25) is 4.79 Å². The van der Waals surface area contributed by atoms with Gasteiger partial charge in [0.25, 0.3) is 5.56 Å². The maximum atomic E-state index is 12.9. The second-order valence-electron chi connectivity index (χ2n) is 8.01. The van der Waals surface area contributed by atoms with E-state index in [1.807, 2.05) is 30.3 Å². The van der Waals surface area contributed by atoms with E-state index in [0.29, 0.717) is 36.9 Å². The quantitative estimate of drug-likeness (QED) is 0.208. The average Bonchev–Trinajstić information content (AvgIpc) is 3.56. The highest BCUT2D eigenvalue weighted by atomic mass is 35.5. The molecule has 182 valence electrons. The molecule has 0 radical (unpaired) electrons. The van der Waals surface area contributed by atoms with Crippen LogP contribution in [0.1, 0.15) is 36.9 Å². The highest BCUT2D eigenvalue weighted by molar-refractivity contribution is 7.15.